The number of hydrogen-bond acceptors (Lipinski definition) is 1. The lowest BCUT2D eigenvalue weighted by atomic mass is 9.86. The van der Waals surface area contributed by atoms with E-state index in [0.29, 0.717) is 0 Å². The monoisotopic (exact) mass is 253 g/mol. The van der Waals surface area contributed by atoms with Gasteiger partial charge in [0.15, 0.2) is 0 Å². The molecule has 0 heterocycles. The van der Waals surface area contributed by atoms with E-state index in [0.717, 1.165) is 5.69 Å². The fraction of sp³-hybridized carbons (Fsp3) is 0.333. The molecule has 1 nitrogen and oxygen atoms in total. The van der Waals surface area contributed by atoms with E-state index in [1.807, 2.05) is 6.07 Å². The third-order valence-electron chi connectivity index (χ3n) is 4.39. The van der Waals surface area contributed by atoms with Gasteiger partial charge >= 0.3 is 0 Å². The van der Waals surface area contributed by atoms with Gasteiger partial charge in [-0.15, -0.1) is 0 Å². The summed E-state index contributed by atoms with van der Waals surface area (Å²) < 4.78 is 0. The summed E-state index contributed by atoms with van der Waals surface area (Å²) in [6.45, 7) is 13.1. The summed E-state index contributed by atoms with van der Waals surface area (Å²) in [7, 11) is 0. The van der Waals surface area contributed by atoms with Crippen molar-refractivity contribution in [3.8, 4) is 11.1 Å². The number of aryl methyl sites for hydroxylation is 1. The molecule has 0 atom stereocenters. The average Bonchev–Trinajstić information content (AvgIpc) is 2.33. The van der Waals surface area contributed by atoms with Crippen LogP contribution in [0.25, 0.3) is 11.1 Å². The normalized spacial score (nSPS) is 10.8. The van der Waals surface area contributed by atoms with Crippen molar-refractivity contribution in [1.82, 2.24) is 0 Å². The number of anilines is 1. The highest BCUT2D eigenvalue weighted by atomic mass is 14.5. The van der Waals surface area contributed by atoms with Crippen LogP contribution >= 0.6 is 0 Å². The van der Waals surface area contributed by atoms with Crippen molar-refractivity contribution in [2.24, 2.45) is 0 Å². The molecule has 0 saturated carbocycles. The maximum Gasteiger partial charge on any atom is 0.0322 e. The summed E-state index contributed by atoms with van der Waals surface area (Å²) in [6.07, 6.45) is 0. The summed E-state index contributed by atoms with van der Waals surface area (Å²) in [5.74, 6) is 0. The van der Waals surface area contributed by atoms with Crippen molar-refractivity contribution >= 4 is 5.69 Å². The van der Waals surface area contributed by atoms with Gasteiger partial charge in [0.1, 0.15) is 0 Å². The molecule has 0 spiro atoms. The first-order valence-corrected chi connectivity index (χ1v) is 6.77. The molecule has 0 aliphatic carbocycles. The molecule has 0 saturated heterocycles. The van der Waals surface area contributed by atoms with Gasteiger partial charge in [-0.05, 0) is 98.2 Å². The Morgan fingerprint density at radius 3 is 1.58 bits per heavy atom. The smallest absolute Gasteiger partial charge is 0.0322 e. The van der Waals surface area contributed by atoms with Crippen LogP contribution in [0, 0.1) is 41.5 Å². The molecule has 1 heteroatoms. The molecule has 0 unspecified atom stereocenters. The third kappa shape index (κ3) is 2.25. The topological polar surface area (TPSA) is 26.0 Å². The largest absolute Gasteiger partial charge is 0.399 e. The predicted octanol–water partition coefficient (Wildman–Crippen LogP) is 4.79. The van der Waals surface area contributed by atoms with E-state index in [-0.39, 0.29) is 0 Å². The van der Waals surface area contributed by atoms with Crippen LogP contribution in [0.3, 0.4) is 0 Å². The van der Waals surface area contributed by atoms with Crippen LogP contribution in [-0.4, -0.2) is 0 Å². The van der Waals surface area contributed by atoms with Crippen LogP contribution in [0.2, 0.25) is 0 Å². The number of rotatable bonds is 1. The number of nitrogens with two attached hydrogens (primary N) is 1. The summed E-state index contributed by atoms with van der Waals surface area (Å²) in [6, 6.07) is 6.32. The quantitative estimate of drug-likeness (QED) is 0.727. The Morgan fingerprint density at radius 2 is 1.11 bits per heavy atom. The van der Waals surface area contributed by atoms with E-state index >= 15 is 0 Å². The Labute approximate surface area is 116 Å². The molecule has 2 aromatic carbocycles. The molecule has 100 valence electrons. The highest BCUT2D eigenvalue weighted by Gasteiger charge is 2.14. The van der Waals surface area contributed by atoms with Crippen molar-refractivity contribution < 1.29 is 0 Å². The molecule has 0 bridgehead atoms. The van der Waals surface area contributed by atoms with Crippen molar-refractivity contribution in [3.05, 3.63) is 51.6 Å². The Bertz CT molecular complexity index is 602. The zero-order valence-corrected chi connectivity index (χ0v) is 12.8. The van der Waals surface area contributed by atoms with Gasteiger partial charge in [0, 0.05) is 5.69 Å². The molecule has 19 heavy (non-hydrogen) atoms. The number of hydrogen-bond donors (Lipinski definition) is 1. The Kier molecular flexibility index (Phi) is 3.40. The van der Waals surface area contributed by atoms with E-state index in [1.54, 1.807) is 0 Å². The highest BCUT2D eigenvalue weighted by Crippen LogP contribution is 2.35. The second-order valence-electron chi connectivity index (χ2n) is 5.63. The fourth-order valence-corrected chi connectivity index (χ4v) is 2.89. The first-order chi connectivity index (χ1) is 8.82. The van der Waals surface area contributed by atoms with Gasteiger partial charge < -0.3 is 5.73 Å². The Morgan fingerprint density at radius 1 is 0.632 bits per heavy atom. The number of nitrogen functional groups attached to an aromatic ring is 1. The van der Waals surface area contributed by atoms with Gasteiger partial charge in [-0.3, -0.25) is 0 Å². The second-order valence-corrected chi connectivity index (χ2v) is 5.63. The van der Waals surface area contributed by atoms with E-state index in [2.05, 4.69) is 53.7 Å². The average molecular weight is 253 g/mol. The van der Waals surface area contributed by atoms with Gasteiger partial charge in [-0.25, -0.2) is 0 Å². The van der Waals surface area contributed by atoms with E-state index in [9.17, 15) is 0 Å². The first kappa shape index (κ1) is 13.7. The van der Waals surface area contributed by atoms with Crippen LogP contribution in [-0.2, 0) is 0 Å². The summed E-state index contributed by atoms with van der Waals surface area (Å²) >= 11 is 0. The SMILES string of the molecule is Cc1cc(N)cc(-c2c(C)c(C)c(C)c(C)c2C)c1. The van der Waals surface area contributed by atoms with Gasteiger partial charge in [0.2, 0.25) is 0 Å². The van der Waals surface area contributed by atoms with Crippen molar-refractivity contribution in [2.45, 2.75) is 41.5 Å². The molecular formula is C18H23N. The van der Waals surface area contributed by atoms with Crippen LogP contribution in [0.1, 0.15) is 33.4 Å². The molecule has 0 aromatic heterocycles. The third-order valence-corrected chi connectivity index (χ3v) is 4.39. The molecule has 0 radical (unpaired) electrons. The summed E-state index contributed by atoms with van der Waals surface area (Å²) in [5.41, 5.74) is 17.5. The molecule has 2 aromatic rings. The molecule has 0 aliphatic heterocycles. The van der Waals surface area contributed by atoms with Gasteiger partial charge in [0.25, 0.3) is 0 Å². The molecule has 0 amide bonds. The molecule has 2 rings (SSSR count). The van der Waals surface area contributed by atoms with E-state index in [4.69, 9.17) is 5.73 Å². The van der Waals surface area contributed by atoms with Gasteiger partial charge in [0.05, 0.1) is 0 Å². The fourth-order valence-electron chi connectivity index (χ4n) is 2.89. The van der Waals surface area contributed by atoms with Crippen molar-refractivity contribution in [2.75, 3.05) is 5.73 Å². The van der Waals surface area contributed by atoms with Crippen LogP contribution < -0.4 is 5.73 Å². The van der Waals surface area contributed by atoms with Gasteiger partial charge in [-0.2, -0.15) is 0 Å². The van der Waals surface area contributed by atoms with E-state index in [1.165, 1.54) is 44.5 Å². The van der Waals surface area contributed by atoms with Crippen LogP contribution in [0.15, 0.2) is 18.2 Å². The second kappa shape index (κ2) is 4.73. The minimum atomic E-state index is 0.838. The molecule has 2 N–H and O–H groups in total. The standard InChI is InChI=1S/C18H23N/c1-10-7-16(9-17(19)8-10)18-14(5)12(3)11(2)13(4)15(18)6/h7-9H,19H2,1-6H3. The Hall–Kier alpha value is -1.76. The molecule has 0 aliphatic rings. The zero-order chi connectivity index (χ0) is 14.3. The highest BCUT2D eigenvalue weighted by molar-refractivity contribution is 5.77. The van der Waals surface area contributed by atoms with Crippen molar-refractivity contribution in [1.29, 1.82) is 0 Å². The maximum atomic E-state index is 6.00. The number of benzene rings is 2. The first-order valence-electron chi connectivity index (χ1n) is 6.77. The maximum absolute atomic E-state index is 6.00. The van der Waals surface area contributed by atoms with Crippen LogP contribution in [0.4, 0.5) is 5.69 Å². The summed E-state index contributed by atoms with van der Waals surface area (Å²) in [5, 5.41) is 0. The Balaban J connectivity index is 2.82. The lowest BCUT2D eigenvalue weighted by Crippen LogP contribution is -2.00. The zero-order valence-electron chi connectivity index (χ0n) is 12.8. The minimum absolute atomic E-state index is 0.838. The lowest BCUT2D eigenvalue weighted by molar-refractivity contribution is 1.18. The molecular weight excluding hydrogens is 230 g/mol. The van der Waals surface area contributed by atoms with Crippen LogP contribution in [0.5, 0.6) is 0 Å². The summed E-state index contributed by atoms with van der Waals surface area (Å²) in [4.78, 5) is 0. The van der Waals surface area contributed by atoms with Crippen molar-refractivity contribution in [3.63, 3.8) is 0 Å². The van der Waals surface area contributed by atoms with E-state index < -0.39 is 0 Å². The minimum Gasteiger partial charge on any atom is -0.399 e. The van der Waals surface area contributed by atoms with Gasteiger partial charge in [-0.1, -0.05) is 6.07 Å². The lowest BCUT2D eigenvalue weighted by Gasteiger charge is -2.19. The molecule has 0 fully saturated rings. The predicted molar refractivity (Wildman–Crippen MR) is 84.7 cm³/mol.